The van der Waals surface area contributed by atoms with Gasteiger partial charge < -0.3 is 15.4 Å². The first-order chi connectivity index (χ1) is 14.2. The van der Waals surface area contributed by atoms with E-state index in [9.17, 15) is 9.59 Å². The summed E-state index contributed by atoms with van der Waals surface area (Å²) in [7, 11) is 0. The Labute approximate surface area is 168 Å². The Kier molecular flexibility index (Phi) is 6.72. The van der Waals surface area contributed by atoms with Gasteiger partial charge in [0, 0.05) is 42.5 Å². The Morgan fingerprint density at radius 1 is 1.14 bits per heavy atom. The highest BCUT2D eigenvalue weighted by atomic mass is 16.5. The van der Waals surface area contributed by atoms with Gasteiger partial charge in [-0.05, 0) is 42.8 Å². The zero-order chi connectivity index (χ0) is 20.5. The molecule has 0 aliphatic rings. The van der Waals surface area contributed by atoms with E-state index in [2.05, 4.69) is 20.7 Å². The van der Waals surface area contributed by atoms with Crippen LogP contribution in [0.25, 0.3) is 11.9 Å². The quantitative estimate of drug-likeness (QED) is 0.476. The molecule has 2 N–H and O–H groups in total. The van der Waals surface area contributed by atoms with Gasteiger partial charge in [-0.1, -0.05) is 18.2 Å². The lowest BCUT2D eigenvalue weighted by Crippen LogP contribution is -2.28. The van der Waals surface area contributed by atoms with Crippen molar-refractivity contribution in [2.24, 2.45) is 0 Å². The summed E-state index contributed by atoms with van der Waals surface area (Å²) >= 11 is 0. The molecular formula is C21H21N5O3. The lowest BCUT2D eigenvalue weighted by Gasteiger charge is -2.11. The Bertz CT molecular complexity index is 982. The van der Waals surface area contributed by atoms with Crippen molar-refractivity contribution in [1.82, 2.24) is 20.1 Å². The largest absolute Gasteiger partial charge is 0.463 e. The third kappa shape index (κ3) is 5.77. The van der Waals surface area contributed by atoms with Gasteiger partial charge in [-0.15, -0.1) is 0 Å². The van der Waals surface area contributed by atoms with E-state index < -0.39 is 0 Å². The molecule has 148 valence electrons. The van der Waals surface area contributed by atoms with Crippen molar-refractivity contribution < 1.29 is 14.3 Å². The van der Waals surface area contributed by atoms with E-state index in [4.69, 9.17) is 4.74 Å². The molecule has 0 bridgehead atoms. The number of ether oxygens (including phenoxy) is 1. The highest BCUT2D eigenvalue weighted by molar-refractivity contribution is 5.90. The van der Waals surface area contributed by atoms with Gasteiger partial charge in [0.15, 0.2) is 5.82 Å². The maximum Gasteiger partial charge on any atom is 0.330 e. The van der Waals surface area contributed by atoms with Crippen LogP contribution in [0.1, 0.15) is 18.1 Å². The molecule has 0 aliphatic heterocycles. The average Bonchev–Trinajstić information content (AvgIpc) is 3.27. The van der Waals surface area contributed by atoms with Gasteiger partial charge in [-0.25, -0.2) is 19.3 Å². The molecule has 0 radical (unpaired) electrons. The van der Waals surface area contributed by atoms with Gasteiger partial charge in [0.05, 0.1) is 6.61 Å². The molecule has 0 fully saturated rings. The fraction of sp³-hybridized carbons (Fsp3) is 0.143. The van der Waals surface area contributed by atoms with Gasteiger partial charge in [-0.3, -0.25) is 0 Å². The summed E-state index contributed by atoms with van der Waals surface area (Å²) in [5.74, 6) is 0.273. The second-order valence-electron chi connectivity index (χ2n) is 5.95. The van der Waals surface area contributed by atoms with E-state index in [1.165, 1.54) is 6.08 Å². The smallest absolute Gasteiger partial charge is 0.330 e. The first kappa shape index (κ1) is 19.8. The minimum Gasteiger partial charge on any atom is -0.463 e. The number of hydrogen-bond donors (Lipinski definition) is 2. The van der Waals surface area contributed by atoms with Crippen LogP contribution in [0.3, 0.4) is 0 Å². The second-order valence-corrected chi connectivity index (χ2v) is 5.95. The molecule has 2 heterocycles. The summed E-state index contributed by atoms with van der Waals surface area (Å²) in [6.07, 6.45) is 8.16. The normalized spacial score (nSPS) is 10.7. The van der Waals surface area contributed by atoms with Crippen LogP contribution < -0.4 is 10.6 Å². The number of esters is 1. The van der Waals surface area contributed by atoms with Gasteiger partial charge in [0.2, 0.25) is 0 Å². The van der Waals surface area contributed by atoms with Crippen LogP contribution in [0.2, 0.25) is 0 Å². The predicted molar refractivity (Wildman–Crippen MR) is 109 cm³/mol. The zero-order valence-corrected chi connectivity index (χ0v) is 15.9. The van der Waals surface area contributed by atoms with Gasteiger partial charge in [0.25, 0.3) is 0 Å². The molecule has 0 spiro atoms. The van der Waals surface area contributed by atoms with Gasteiger partial charge in [-0.2, -0.15) is 5.10 Å². The van der Waals surface area contributed by atoms with Gasteiger partial charge in [0.1, 0.15) is 0 Å². The number of carbonyl (C=O) groups is 2. The molecule has 29 heavy (non-hydrogen) atoms. The summed E-state index contributed by atoms with van der Waals surface area (Å²) in [6.45, 7) is 2.39. The molecule has 0 saturated heterocycles. The van der Waals surface area contributed by atoms with E-state index in [-0.39, 0.29) is 12.0 Å². The highest BCUT2D eigenvalue weighted by Gasteiger charge is 2.08. The minimum atomic E-state index is -0.390. The molecule has 0 unspecified atom stereocenters. The lowest BCUT2D eigenvalue weighted by molar-refractivity contribution is -0.137. The number of carbonyl (C=O) groups excluding carboxylic acids is 2. The van der Waals surface area contributed by atoms with Crippen LogP contribution >= 0.6 is 0 Å². The first-order valence-electron chi connectivity index (χ1n) is 9.09. The van der Waals surface area contributed by atoms with Crippen molar-refractivity contribution in [2.75, 3.05) is 11.9 Å². The van der Waals surface area contributed by atoms with Crippen LogP contribution in [0.5, 0.6) is 0 Å². The van der Waals surface area contributed by atoms with Crippen molar-refractivity contribution >= 4 is 23.8 Å². The van der Waals surface area contributed by atoms with Crippen molar-refractivity contribution in [2.45, 2.75) is 13.5 Å². The first-order valence-corrected chi connectivity index (χ1v) is 9.09. The Morgan fingerprint density at radius 2 is 1.97 bits per heavy atom. The number of nitrogens with one attached hydrogen (secondary N) is 2. The van der Waals surface area contributed by atoms with E-state index in [0.29, 0.717) is 24.7 Å². The highest BCUT2D eigenvalue weighted by Crippen LogP contribution is 2.12. The van der Waals surface area contributed by atoms with E-state index in [1.54, 1.807) is 60.5 Å². The van der Waals surface area contributed by atoms with Crippen molar-refractivity contribution in [3.63, 3.8) is 0 Å². The second kappa shape index (κ2) is 9.84. The minimum absolute atomic E-state index is 0.301. The monoisotopic (exact) mass is 391 g/mol. The maximum atomic E-state index is 12.2. The number of urea groups is 1. The molecular weight excluding hydrogens is 370 g/mol. The molecule has 3 rings (SSSR count). The number of hydrogen-bond acceptors (Lipinski definition) is 5. The summed E-state index contributed by atoms with van der Waals surface area (Å²) in [4.78, 5) is 27.9. The fourth-order valence-corrected chi connectivity index (χ4v) is 2.55. The summed E-state index contributed by atoms with van der Waals surface area (Å²) in [5, 5.41) is 9.76. The van der Waals surface area contributed by atoms with E-state index in [1.807, 2.05) is 18.2 Å². The molecule has 1 aromatic carbocycles. The summed E-state index contributed by atoms with van der Waals surface area (Å²) in [5.41, 5.74) is 2.29. The van der Waals surface area contributed by atoms with Crippen LogP contribution in [-0.4, -0.2) is 33.4 Å². The van der Waals surface area contributed by atoms with Crippen molar-refractivity contribution in [3.05, 3.63) is 78.3 Å². The molecule has 0 atom stereocenters. The number of nitrogens with zero attached hydrogens (tertiary/aromatic N) is 3. The standard InChI is InChI=1S/C21H21N5O3/c1-2-29-19(27)11-8-16-6-9-18(10-7-16)25-21(28)23-15-17-5-3-12-22-20(17)26-14-4-13-24-26/h3-14H,2,15H2,1H3,(H2,23,25,28)/b11-8+. The summed E-state index contributed by atoms with van der Waals surface area (Å²) < 4.78 is 6.48. The van der Waals surface area contributed by atoms with Crippen LogP contribution in [0, 0.1) is 0 Å². The summed E-state index contributed by atoms with van der Waals surface area (Å²) in [6, 6.07) is 12.3. The number of rotatable bonds is 7. The van der Waals surface area contributed by atoms with Gasteiger partial charge >= 0.3 is 12.0 Å². The molecule has 0 saturated carbocycles. The average molecular weight is 391 g/mol. The number of amides is 2. The Balaban J connectivity index is 1.55. The van der Waals surface area contributed by atoms with Crippen molar-refractivity contribution in [1.29, 1.82) is 0 Å². The Morgan fingerprint density at radius 3 is 2.69 bits per heavy atom. The molecule has 2 amide bonds. The number of pyridine rings is 1. The molecule has 2 aromatic heterocycles. The predicted octanol–water partition coefficient (Wildman–Crippen LogP) is 3.17. The lowest BCUT2D eigenvalue weighted by atomic mass is 10.2. The van der Waals surface area contributed by atoms with Crippen LogP contribution in [0.4, 0.5) is 10.5 Å². The third-order valence-corrected chi connectivity index (χ3v) is 3.90. The van der Waals surface area contributed by atoms with E-state index >= 15 is 0 Å². The SMILES string of the molecule is CCOC(=O)/C=C/c1ccc(NC(=O)NCc2cccnc2-n2cccn2)cc1. The fourth-order valence-electron chi connectivity index (χ4n) is 2.55. The molecule has 8 heteroatoms. The maximum absolute atomic E-state index is 12.2. The Hall–Kier alpha value is -3.94. The van der Waals surface area contributed by atoms with Crippen molar-refractivity contribution in [3.8, 4) is 5.82 Å². The molecule has 3 aromatic rings. The van der Waals surface area contributed by atoms with Crippen LogP contribution in [0.15, 0.2) is 67.1 Å². The third-order valence-electron chi connectivity index (χ3n) is 3.90. The van der Waals surface area contributed by atoms with Crippen LogP contribution in [-0.2, 0) is 16.1 Å². The number of anilines is 1. The van der Waals surface area contributed by atoms with E-state index in [0.717, 1.165) is 11.1 Å². The topological polar surface area (TPSA) is 98.1 Å². The number of aromatic nitrogens is 3. The number of benzene rings is 1. The molecule has 8 nitrogen and oxygen atoms in total. The zero-order valence-electron chi connectivity index (χ0n) is 15.9. The molecule has 0 aliphatic carbocycles.